The number of hydrogen-bond donors (Lipinski definition) is 2. The molecule has 28 heavy (non-hydrogen) atoms. The molecule has 0 aromatic heterocycles. The molecule has 0 bridgehead atoms. The SMILES string of the molecule is COc1cc(C(F)(F)F)cc(C(F)(F)F)c1[C@@H](N1CCNCC1)C(C)(C)CO. The third kappa shape index (κ3) is 4.72. The van der Waals surface area contributed by atoms with Gasteiger partial charge in [0.15, 0.2) is 0 Å². The van der Waals surface area contributed by atoms with E-state index in [2.05, 4.69) is 5.32 Å². The van der Waals surface area contributed by atoms with Crippen molar-refractivity contribution in [2.75, 3.05) is 39.9 Å². The second-order valence-electron chi connectivity index (χ2n) is 7.47. The lowest BCUT2D eigenvalue weighted by molar-refractivity contribution is -0.144. The zero-order valence-electron chi connectivity index (χ0n) is 15.8. The zero-order chi connectivity index (χ0) is 21.3. The van der Waals surface area contributed by atoms with Crippen LogP contribution in [0.1, 0.15) is 36.6 Å². The lowest BCUT2D eigenvalue weighted by Gasteiger charge is -2.44. The van der Waals surface area contributed by atoms with E-state index in [4.69, 9.17) is 4.74 Å². The molecule has 4 nitrogen and oxygen atoms in total. The Morgan fingerprint density at radius 2 is 1.64 bits per heavy atom. The molecule has 1 aliphatic rings. The summed E-state index contributed by atoms with van der Waals surface area (Å²) in [6, 6.07) is -0.276. The van der Waals surface area contributed by atoms with Gasteiger partial charge in [0.1, 0.15) is 5.75 Å². The van der Waals surface area contributed by atoms with Crippen molar-refractivity contribution < 1.29 is 36.2 Å². The Morgan fingerprint density at radius 3 is 2.07 bits per heavy atom. The van der Waals surface area contributed by atoms with E-state index < -0.39 is 47.3 Å². The van der Waals surface area contributed by atoms with Crippen LogP contribution in [-0.2, 0) is 12.4 Å². The maximum atomic E-state index is 13.8. The van der Waals surface area contributed by atoms with Gasteiger partial charge in [-0.05, 0) is 12.1 Å². The largest absolute Gasteiger partial charge is 0.496 e. The summed E-state index contributed by atoms with van der Waals surface area (Å²) in [6.07, 6.45) is -9.98. The number of hydrogen-bond acceptors (Lipinski definition) is 4. The lowest BCUT2D eigenvalue weighted by atomic mass is 9.77. The molecule has 1 aromatic carbocycles. The molecule has 1 aromatic rings. The van der Waals surface area contributed by atoms with Crippen LogP contribution in [0, 0.1) is 5.41 Å². The van der Waals surface area contributed by atoms with Crippen molar-refractivity contribution in [3.63, 3.8) is 0 Å². The molecule has 1 fully saturated rings. The molecule has 2 N–H and O–H groups in total. The Labute approximate surface area is 159 Å². The number of aliphatic hydroxyl groups excluding tert-OH is 1. The van der Waals surface area contributed by atoms with Crippen molar-refractivity contribution in [2.45, 2.75) is 32.2 Å². The van der Waals surface area contributed by atoms with Gasteiger partial charge in [-0.3, -0.25) is 4.90 Å². The van der Waals surface area contributed by atoms with Gasteiger partial charge in [-0.2, -0.15) is 26.3 Å². The van der Waals surface area contributed by atoms with Gasteiger partial charge < -0.3 is 15.2 Å². The highest BCUT2D eigenvalue weighted by atomic mass is 19.4. The van der Waals surface area contributed by atoms with E-state index in [0.29, 0.717) is 32.2 Å². The molecule has 1 heterocycles. The maximum absolute atomic E-state index is 13.8. The maximum Gasteiger partial charge on any atom is 0.416 e. The highest BCUT2D eigenvalue weighted by Gasteiger charge is 2.46. The van der Waals surface area contributed by atoms with Crippen molar-refractivity contribution in [1.29, 1.82) is 0 Å². The Bertz CT molecular complexity index is 682. The molecule has 1 atom stereocenters. The summed E-state index contributed by atoms with van der Waals surface area (Å²) in [4.78, 5) is 1.74. The zero-order valence-corrected chi connectivity index (χ0v) is 15.8. The number of methoxy groups -OCH3 is 1. The molecular weight excluding hydrogens is 390 g/mol. The van der Waals surface area contributed by atoms with Crippen molar-refractivity contribution in [2.24, 2.45) is 5.41 Å². The number of ether oxygens (including phenoxy) is 1. The summed E-state index contributed by atoms with van der Waals surface area (Å²) in [5, 5.41) is 12.9. The van der Waals surface area contributed by atoms with Crippen LogP contribution in [0.4, 0.5) is 26.3 Å². The average molecular weight is 414 g/mol. The van der Waals surface area contributed by atoms with Crippen molar-refractivity contribution in [3.05, 3.63) is 28.8 Å². The molecule has 1 aliphatic heterocycles. The smallest absolute Gasteiger partial charge is 0.416 e. The first-order valence-electron chi connectivity index (χ1n) is 8.75. The van der Waals surface area contributed by atoms with E-state index in [9.17, 15) is 31.4 Å². The van der Waals surface area contributed by atoms with Gasteiger partial charge in [0.25, 0.3) is 0 Å². The Kier molecular flexibility index (Phi) is 6.57. The van der Waals surface area contributed by atoms with Gasteiger partial charge >= 0.3 is 12.4 Å². The molecule has 2 rings (SSSR count). The average Bonchev–Trinajstić information content (AvgIpc) is 2.60. The minimum absolute atomic E-state index is 0.126. The molecule has 10 heteroatoms. The van der Waals surface area contributed by atoms with Crippen LogP contribution < -0.4 is 10.1 Å². The minimum Gasteiger partial charge on any atom is -0.496 e. The number of aliphatic hydroxyl groups is 1. The van der Waals surface area contributed by atoms with E-state index >= 15 is 0 Å². The topological polar surface area (TPSA) is 44.7 Å². The van der Waals surface area contributed by atoms with Crippen LogP contribution in [0.5, 0.6) is 5.75 Å². The second-order valence-corrected chi connectivity index (χ2v) is 7.47. The summed E-state index contributed by atoms with van der Waals surface area (Å²) in [5.41, 5.74) is -4.28. The summed E-state index contributed by atoms with van der Waals surface area (Å²) in [6.45, 7) is 4.51. The monoisotopic (exact) mass is 414 g/mol. The minimum atomic E-state index is -5.03. The van der Waals surface area contributed by atoms with E-state index in [1.807, 2.05) is 0 Å². The summed E-state index contributed by atoms with van der Waals surface area (Å²) < 4.78 is 86.0. The Hall–Kier alpha value is -1.52. The fourth-order valence-corrected chi connectivity index (χ4v) is 3.57. The van der Waals surface area contributed by atoms with E-state index in [1.165, 1.54) is 0 Å². The molecule has 0 spiro atoms. The lowest BCUT2D eigenvalue weighted by Crippen LogP contribution is -2.50. The highest BCUT2D eigenvalue weighted by Crippen LogP contribution is 2.49. The first kappa shape index (κ1) is 22.8. The fourth-order valence-electron chi connectivity index (χ4n) is 3.57. The number of alkyl halides is 6. The van der Waals surface area contributed by atoms with Gasteiger partial charge in [-0.1, -0.05) is 13.8 Å². The van der Waals surface area contributed by atoms with Crippen molar-refractivity contribution >= 4 is 0 Å². The summed E-state index contributed by atoms with van der Waals surface area (Å²) in [5.74, 6) is -0.493. The summed E-state index contributed by atoms with van der Waals surface area (Å²) >= 11 is 0. The highest BCUT2D eigenvalue weighted by molar-refractivity contribution is 5.49. The third-order valence-corrected chi connectivity index (χ3v) is 4.93. The number of piperazine rings is 1. The number of nitrogens with zero attached hydrogens (tertiary/aromatic N) is 1. The molecule has 160 valence electrons. The molecule has 0 aliphatic carbocycles. The van der Waals surface area contributed by atoms with Gasteiger partial charge in [-0.25, -0.2) is 0 Å². The van der Waals surface area contributed by atoms with Gasteiger partial charge in [-0.15, -0.1) is 0 Å². The third-order valence-electron chi connectivity index (χ3n) is 4.93. The van der Waals surface area contributed by atoms with Crippen molar-refractivity contribution in [1.82, 2.24) is 10.2 Å². The predicted octanol–water partition coefficient (Wildman–Crippen LogP) is 3.70. The molecule has 0 amide bonds. The van der Waals surface area contributed by atoms with Crippen LogP contribution in [-0.4, -0.2) is 49.9 Å². The first-order chi connectivity index (χ1) is 12.8. The van der Waals surface area contributed by atoms with Gasteiger partial charge in [0, 0.05) is 49.8 Å². The molecule has 0 unspecified atom stereocenters. The molecular formula is C18H24F6N2O2. The van der Waals surface area contributed by atoms with E-state index in [1.54, 1.807) is 18.7 Å². The normalized spacial score (nSPS) is 18.2. The molecule has 0 radical (unpaired) electrons. The predicted molar refractivity (Wildman–Crippen MR) is 91.0 cm³/mol. The van der Waals surface area contributed by atoms with Crippen molar-refractivity contribution in [3.8, 4) is 5.75 Å². The summed E-state index contributed by atoms with van der Waals surface area (Å²) in [7, 11) is 1.04. The van der Waals surface area contributed by atoms with Gasteiger partial charge in [0.2, 0.25) is 0 Å². The van der Waals surface area contributed by atoms with Crippen LogP contribution in [0.15, 0.2) is 12.1 Å². The van der Waals surface area contributed by atoms with E-state index in [0.717, 1.165) is 7.11 Å². The van der Waals surface area contributed by atoms with Crippen LogP contribution >= 0.6 is 0 Å². The van der Waals surface area contributed by atoms with E-state index in [-0.39, 0.29) is 11.6 Å². The molecule has 0 saturated carbocycles. The standard InChI is InChI=1S/C18H24F6N2O2/c1-16(2,10-27)15(26-6-4-25-5-7-26)14-12(18(22,23)24)8-11(17(19,20)21)9-13(14)28-3/h8-9,15,25,27H,4-7,10H2,1-3H3/t15-/m1/s1. The number of nitrogens with one attached hydrogen (secondary N) is 1. The Morgan fingerprint density at radius 1 is 1.07 bits per heavy atom. The van der Waals surface area contributed by atoms with Crippen LogP contribution in [0.25, 0.3) is 0 Å². The van der Waals surface area contributed by atoms with Gasteiger partial charge in [0.05, 0.1) is 18.2 Å². The number of rotatable bonds is 5. The fraction of sp³-hybridized carbons (Fsp3) is 0.667. The first-order valence-corrected chi connectivity index (χ1v) is 8.75. The Balaban J connectivity index is 2.80. The number of halogens is 6. The van der Waals surface area contributed by atoms with Crippen LogP contribution in [0.2, 0.25) is 0 Å². The molecule has 1 saturated heterocycles. The quantitative estimate of drug-likeness (QED) is 0.722. The number of benzene rings is 1. The van der Waals surface area contributed by atoms with Crippen LogP contribution in [0.3, 0.4) is 0 Å². The second kappa shape index (κ2) is 8.08.